The molecule has 2 nitrogen and oxygen atoms in total. The highest BCUT2D eigenvalue weighted by Gasteiger charge is 2.07. The molecule has 0 aromatic heterocycles. The lowest BCUT2D eigenvalue weighted by Gasteiger charge is -2.15. The lowest BCUT2D eigenvalue weighted by atomic mass is 10.2. The van der Waals surface area contributed by atoms with Crippen LogP contribution >= 0.6 is 0 Å². The fourth-order valence-electron chi connectivity index (χ4n) is 0.498. The van der Waals surface area contributed by atoms with Crippen molar-refractivity contribution in [2.24, 2.45) is 0 Å². The Bertz CT molecular complexity index is 73.9. The van der Waals surface area contributed by atoms with E-state index in [2.05, 4.69) is 0 Å². The summed E-state index contributed by atoms with van der Waals surface area (Å²) in [7, 11) is 0. The SMILES string of the molecule is [2H]C1CC(O)CC([2H])O1. The van der Waals surface area contributed by atoms with E-state index in [0.29, 0.717) is 12.8 Å². The standard InChI is InChI=1S/C5H10O2/c6-5-1-3-7-4-2-5/h5-6H,1-4H2/i3D,4D. The maximum absolute atomic E-state index is 8.93. The van der Waals surface area contributed by atoms with Gasteiger partial charge in [-0.3, -0.25) is 0 Å². The molecule has 1 aliphatic rings. The molecule has 0 aliphatic carbocycles. The van der Waals surface area contributed by atoms with E-state index in [0.717, 1.165) is 0 Å². The van der Waals surface area contributed by atoms with Crippen molar-refractivity contribution in [1.29, 1.82) is 0 Å². The van der Waals surface area contributed by atoms with Crippen LogP contribution in [0.1, 0.15) is 15.6 Å². The normalized spacial score (nSPS) is 58.1. The Kier molecular flexibility index (Phi) is 0.995. The van der Waals surface area contributed by atoms with Gasteiger partial charge in [0.2, 0.25) is 0 Å². The van der Waals surface area contributed by atoms with E-state index in [1.807, 2.05) is 0 Å². The minimum atomic E-state index is -0.698. The van der Waals surface area contributed by atoms with E-state index in [1.54, 1.807) is 0 Å². The van der Waals surface area contributed by atoms with Crippen LogP contribution in [0.4, 0.5) is 0 Å². The number of hydrogen-bond donors (Lipinski definition) is 1. The lowest BCUT2D eigenvalue weighted by molar-refractivity contribution is 0.0140. The van der Waals surface area contributed by atoms with Gasteiger partial charge in [0.25, 0.3) is 0 Å². The third-order valence-corrected chi connectivity index (χ3v) is 0.929. The van der Waals surface area contributed by atoms with Gasteiger partial charge in [-0.2, -0.15) is 0 Å². The molecule has 2 heteroatoms. The van der Waals surface area contributed by atoms with Crippen molar-refractivity contribution in [3.05, 3.63) is 0 Å². The van der Waals surface area contributed by atoms with Crippen LogP contribution < -0.4 is 0 Å². The lowest BCUT2D eigenvalue weighted by Crippen LogP contribution is -2.19. The van der Waals surface area contributed by atoms with Crippen LogP contribution in [0.3, 0.4) is 0 Å². The van der Waals surface area contributed by atoms with Gasteiger partial charge in [0.05, 0.1) is 8.85 Å². The van der Waals surface area contributed by atoms with Crippen LogP contribution in [0.25, 0.3) is 0 Å². The van der Waals surface area contributed by atoms with Gasteiger partial charge in [-0.1, -0.05) is 0 Å². The van der Waals surface area contributed by atoms with Crippen molar-refractivity contribution in [1.82, 2.24) is 0 Å². The van der Waals surface area contributed by atoms with Gasteiger partial charge in [0.1, 0.15) is 0 Å². The second-order valence-electron chi connectivity index (χ2n) is 1.59. The average molecular weight is 104 g/mol. The zero-order valence-electron chi connectivity index (χ0n) is 6.00. The minimum Gasteiger partial charge on any atom is -0.393 e. The Morgan fingerprint density at radius 1 is 1.57 bits per heavy atom. The predicted octanol–water partition coefficient (Wildman–Crippen LogP) is 0.158. The van der Waals surface area contributed by atoms with Gasteiger partial charge >= 0.3 is 0 Å². The van der Waals surface area contributed by atoms with Gasteiger partial charge in [-0.15, -0.1) is 0 Å². The van der Waals surface area contributed by atoms with Gasteiger partial charge in [-0.25, -0.2) is 0 Å². The summed E-state index contributed by atoms with van der Waals surface area (Å²) in [5.41, 5.74) is 0. The first-order chi connectivity index (χ1) is 4.18. The summed E-state index contributed by atoms with van der Waals surface area (Å²) in [5, 5.41) is 8.93. The Hall–Kier alpha value is -0.0800. The Morgan fingerprint density at radius 2 is 2.14 bits per heavy atom. The Labute approximate surface area is 45.9 Å². The van der Waals surface area contributed by atoms with E-state index >= 15 is 0 Å². The molecule has 0 bridgehead atoms. The molecule has 2 atom stereocenters. The van der Waals surface area contributed by atoms with Crippen LogP contribution in [0.2, 0.25) is 0 Å². The zero-order chi connectivity index (χ0) is 6.85. The van der Waals surface area contributed by atoms with Crippen LogP contribution in [0, 0.1) is 0 Å². The molecule has 7 heavy (non-hydrogen) atoms. The average Bonchev–Trinajstić information content (AvgIpc) is 1.59. The van der Waals surface area contributed by atoms with Gasteiger partial charge < -0.3 is 9.84 Å². The number of hydrogen-bond acceptors (Lipinski definition) is 2. The molecule has 0 amide bonds. The maximum Gasteiger partial charge on any atom is 0.0584 e. The monoisotopic (exact) mass is 104 g/mol. The molecule has 1 N–H and O–H groups in total. The topological polar surface area (TPSA) is 29.5 Å². The summed E-state index contributed by atoms with van der Waals surface area (Å²) in [4.78, 5) is 0. The van der Waals surface area contributed by atoms with Gasteiger partial charge in [0, 0.05) is 13.2 Å². The van der Waals surface area contributed by atoms with E-state index < -0.39 is 19.3 Å². The predicted molar refractivity (Wildman–Crippen MR) is 26.1 cm³/mol. The molecule has 0 spiro atoms. The highest BCUT2D eigenvalue weighted by atomic mass is 16.5. The summed E-state index contributed by atoms with van der Waals surface area (Å²) >= 11 is 0. The fourth-order valence-corrected chi connectivity index (χ4v) is 0.498. The quantitative estimate of drug-likeness (QED) is 0.474. The third kappa shape index (κ3) is 1.45. The van der Waals surface area contributed by atoms with E-state index in [9.17, 15) is 0 Å². The summed E-state index contributed by atoms with van der Waals surface area (Å²) < 4.78 is 18.8. The summed E-state index contributed by atoms with van der Waals surface area (Å²) in [6, 6.07) is 0. The van der Waals surface area contributed by atoms with E-state index in [4.69, 9.17) is 12.6 Å². The molecule has 0 aromatic carbocycles. The highest BCUT2D eigenvalue weighted by Crippen LogP contribution is 2.03. The molecule has 1 heterocycles. The summed E-state index contributed by atoms with van der Waals surface area (Å²) in [6.07, 6.45) is 0.175. The largest absolute Gasteiger partial charge is 0.393 e. The van der Waals surface area contributed by atoms with Crippen molar-refractivity contribution in [2.45, 2.75) is 18.9 Å². The minimum absolute atomic E-state index is 0.343. The molecule has 1 fully saturated rings. The van der Waals surface area contributed by atoms with Crippen LogP contribution in [0.5, 0.6) is 0 Å². The fraction of sp³-hybridized carbons (Fsp3) is 1.00. The second-order valence-corrected chi connectivity index (χ2v) is 1.59. The molecule has 0 radical (unpaired) electrons. The molecule has 0 aromatic rings. The van der Waals surface area contributed by atoms with Gasteiger partial charge in [0.15, 0.2) is 0 Å². The molecule has 1 aliphatic heterocycles. The molecule has 0 saturated carbocycles. The molecule has 42 valence electrons. The van der Waals surface area contributed by atoms with Gasteiger partial charge in [-0.05, 0) is 12.8 Å². The first kappa shape index (κ1) is 3.05. The Morgan fingerprint density at radius 3 is 2.57 bits per heavy atom. The highest BCUT2D eigenvalue weighted by molar-refractivity contribution is 4.58. The number of rotatable bonds is 0. The summed E-state index contributed by atoms with van der Waals surface area (Å²) in [5.74, 6) is 0. The number of aliphatic hydroxyl groups excluding tert-OH is 1. The second kappa shape index (κ2) is 2.28. The molecule has 2 unspecified atom stereocenters. The smallest absolute Gasteiger partial charge is 0.0584 e. The maximum atomic E-state index is 8.93. The third-order valence-electron chi connectivity index (χ3n) is 0.929. The van der Waals surface area contributed by atoms with Crippen molar-refractivity contribution in [3.8, 4) is 0 Å². The van der Waals surface area contributed by atoms with E-state index in [-0.39, 0.29) is 0 Å². The van der Waals surface area contributed by atoms with Crippen molar-refractivity contribution >= 4 is 0 Å². The molecule has 1 rings (SSSR count). The van der Waals surface area contributed by atoms with E-state index in [1.165, 1.54) is 0 Å². The van der Waals surface area contributed by atoms with Crippen molar-refractivity contribution < 1.29 is 12.6 Å². The zero-order valence-corrected chi connectivity index (χ0v) is 4.00. The first-order valence-corrected chi connectivity index (χ1v) is 2.36. The Balaban J connectivity index is 2.34. The van der Waals surface area contributed by atoms with Crippen LogP contribution in [0.15, 0.2) is 0 Å². The van der Waals surface area contributed by atoms with Crippen molar-refractivity contribution in [3.63, 3.8) is 0 Å². The van der Waals surface area contributed by atoms with Crippen LogP contribution in [-0.4, -0.2) is 24.4 Å². The molecular formula is C5H10O2. The number of aliphatic hydroxyl groups is 1. The van der Waals surface area contributed by atoms with Crippen molar-refractivity contribution in [2.75, 3.05) is 13.2 Å². The molecular weight excluding hydrogens is 92.1 g/mol. The number of ether oxygens (including phenoxy) is 1. The molecule has 1 saturated heterocycles. The summed E-state index contributed by atoms with van der Waals surface area (Å²) in [6.45, 7) is -1.40. The van der Waals surface area contributed by atoms with Crippen LogP contribution in [-0.2, 0) is 4.74 Å². The first-order valence-electron chi connectivity index (χ1n) is 3.52.